The van der Waals surface area contributed by atoms with Crippen molar-refractivity contribution in [2.24, 2.45) is 5.92 Å². The smallest absolute Gasteiger partial charge is 0.192 e. The summed E-state index contributed by atoms with van der Waals surface area (Å²) in [5.41, 5.74) is 0. The summed E-state index contributed by atoms with van der Waals surface area (Å²) in [4.78, 5) is 0. The molecule has 100 valence electrons. The van der Waals surface area contributed by atoms with Crippen LogP contribution in [0.15, 0.2) is 0 Å². The second-order valence-electron chi connectivity index (χ2n) is 6.76. The fourth-order valence-electron chi connectivity index (χ4n) is 1.93. The Bertz CT molecular complexity index is 265. The maximum absolute atomic E-state index is 9.38. The van der Waals surface area contributed by atoms with E-state index >= 15 is 0 Å². The van der Waals surface area contributed by atoms with Gasteiger partial charge in [-0.15, -0.1) is 0 Å². The third-order valence-corrected chi connectivity index (χ3v) is 8.91. The minimum atomic E-state index is -1.79. The van der Waals surface area contributed by atoms with Gasteiger partial charge in [0, 0.05) is 11.9 Å². The molecule has 1 rings (SSSR count). The third-order valence-electron chi connectivity index (χ3n) is 4.43. The summed E-state index contributed by atoms with van der Waals surface area (Å²) in [7, 11) is 0.267. The monoisotopic (exact) mass is 258 g/mol. The summed E-state index contributed by atoms with van der Waals surface area (Å²) in [5.74, 6) is 0.348. The van der Waals surface area contributed by atoms with Crippen LogP contribution in [0.25, 0.3) is 0 Å². The number of hydrogen-bond acceptors (Lipinski definition) is 3. The Morgan fingerprint density at radius 1 is 1.35 bits per heavy atom. The second-order valence-corrected chi connectivity index (χ2v) is 11.5. The topological polar surface area (TPSA) is 38.7 Å². The van der Waals surface area contributed by atoms with Crippen LogP contribution in [0.1, 0.15) is 27.7 Å². The molecule has 1 fully saturated rings. The lowest BCUT2D eigenvalue weighted by Crippen LogP contribution is -2.48. The third kappa shape index (κ3) is 3.13. The number of ether oxygens (including phenoxy) is 1. The molecule has 0 aliphatic carbocycles. The Kier molecular flexibility index (Phi) is 4.51. The Balaban J connectivity index is 2.79. The van der Waals surface area contributed by atoms with Crippen LogP contribution >= 0.6 is 0 Å². The molecule has 0 aromatic rings. The average molecular weight is 258 g/mol. The summed E-state index contributed by atoms with van der Waals surface area (Å²) >= 11 is 0. The summed E-state index contributed by atoms with van der Waals surface area (Å²) in [6.45, 7) is 13.4. The molecular weight excluding hydrogens is 231 g/mol. The summed E-state index contributed by atoms with van der Waals surface area (Å²) in [5, 5.41) is 9.58. The molecule has 0 amide bonds. The van der Waals surface area contributed by atoms with Crippen LogP contribution in [-0.2, 0) is 9.16 Å². The van der Waals surface area contributed by atoms with Gasteiger partial charge in [0.15, 0.2) is 8.32 Å². The second kappa shape index (κ2) is 5.04. The molecule has 4 atom stereocenters. The largest absolute Gasteiger partial charge is 0.411 e. The van der Waals surface area contributed by atoms with E-state index in [1.807, 2.05) is 0 Å². The van der Waals surface area contributed by atoms with Gasteiger partial charge >= 0.3 is 0 Å². The van der Waals surface area contributed by atoms with Crippen molar-refractivity contribution in [1.29, 1.82) is 0 Å². The van der Waals surface area contributed by atoms with E-state index in [2.05, 4.69) is 48.6 Å². The van der Waals surface area contributed by atoms with Crippen molar-refractivity contribution in [2.75, 3.05) is 6.61 Å². The molecule has 3 nitrogen and oxygen atoms in total. The molecule has 0 radical (unpaired) electrons. The van der Waals surface area contributed by atoms with E-state index in [-0.39, 0.29) is 29.9 Å². The Morgan fingerprint density at radius 2 is 1.88 bits per heavy atom. The van der Waals surface area contributed by atoms with Gasteiger partial charge in [-0.1, -0.05) is 27.7 Å². The summed E-state index contributed by atoms with van der Waals surface area (Å²) < 4.78 is 12.1. The van der Waals surface area contributed by atoms with Crippen LogP contribution in [-0.4, -0.2) is 46.1 Å². The molecule has 1 N–H and O–H groups in total. The van der Waals surface area contributed by atoms with Crippen molar-refractivity contribution in [3.8, 4) is 0 Å². The fourth-order valence-corrected chi connectivity index (χ4v) is 3.33. The molecule has 0 spiro atoms. The lowest BCUT2D eigenvalue weighted by atomic mass is 9.86. The first kappa shape index (κ1) is 15.2. The van der Waals surface area contributed by atoms with Crippen LogP contribution in [0.2, 0.25) is 18.1 Å². The minimum absolute atomic E-state index is 0.0379. The van der Waals surface area contributed by atoms with E-state index in [9.17, 15) is 5.11 Å². The van der Waals surface area contributed by atoms with Gasteiger partial charge in [-0.25, -0.2) is 0 Å². The normalized spacial score (nSPS) is 35.2. The molecule has 0 bridgehead atoms. The molecule has 0 aromatic carbocycles. The quantitative estimate of drug-likeness (QED) is 0.777. The fraction of sp³-hybridized carbons (Fsp3) is 1.00. The van der Waals surface area contributed by atoms with Crippen molar-refractivity contribution in [3.05, 3.63) is 0 Å². The van der Waals surface area contributed by atoms with E-state index in [1.54, 1.807) is 0 Å². The minimum Gasteiger partial charge on any atom is -0.411 e. The van der Waals surface area contributed by atoms with Crippen molar-refractivity contribution in [2.45, 2.75) is 64.0 Å². The van der Waals surface area contributed by atoms with Crippen LogP contribution < -0.4 is 0 Å². The Hall–Kier alpha value is 0.162. The molecular formula is C12H27BO3Si. The predicted molar refractivity (Wildman–Crippen MR) is 75.5 cm³/mol. The molecule has 0 saturated carbocycles. The van der Waals surface area contributed by atoms with E-state index in [1.165, 1.54) is 0 Å². The number of rotatable bonds is 3. The van der Waals surface area contributed by atoms with E-state index in [4.69, 9.17) is 9.16 Å². The Morgan fingerprint density at radius 3 is 2.29 bits per heavy atom. The van der Waals surface area contributed by atoms with Gasteiger partial charge in [0.2, 0.25) is 0 Å². The van der Waals surface area contributed by atoms with Crippen LogP contribution in [0.4, 0.5) is 0 Å². The van der Waals surface area contributed by atoms with E-state index in [0.717, 1.165) is 0 Å². The average Bonchev–Trinajstić information content (AvgIpc) is 2.43. The maximum Gasteiger partial charge on any atom is 0.192 e. The molecule has 0 unspecified atom stereocenters. The van der Waals surface area contributed by atoms with E-state index in [0.29, 0.717) is 5.92 Å². The molecule has 5 heteroatoms. The van der Waals surface area contributed by atoms with Gasteiger partial charge in [0.1, 0.15) is 14.0 Å². The number of hydrogen-bond donors (Lipinski definition) is 1. The van der Waals surface area contributed by atoms with Crippen molar-refractivity contribution >= 4 is 16.2 Å². The zero-order valence-corrected chi connectivity index (χ0v) is 13.3. The highest BCUT2D eigenvalue weighted by atomic mass is 28.4. The molecule has 1 aliphatic rings. The van der Waals surface area contributed by atoms with Crippen molar-refractivity contribution < 1.29 is 14.3 Å². The van der Waals surface area contributed by atoms with Crippen LogP contribution in [0, 0.1) is 5.92 Å². The van der Waals surface area contributed by atoms with Crippen LogP contribution in [0.3, 0.4) is 0 Å². The van der Waals surface area contributed by atoms with Gasteiger partial charge in [-0.2, -0.15) is 0 Å². The zero-order valence-electron chi connectivity index (χ0n) is 12.3. The molecule has 1 aliphatic heterocycles. The van der Waals surface area contributed by atoms with Gasteiger partial charge < -0.3 is 14.3 Å². The van der Waals surface area contributed by atoms with Gasteiger partial charge in [0.05, 0.1) is 12.7 Å². The molecule has 0 aromatic heterocycles. The standard InChI is InChI=1S/C12H27BO3Si/c1-8-10(9(7-14)15-11(8)13)16-17(5,6)12(2,3)4/h8-11,14H,7,13H2,1-6H3/t8-,9+,10-,11+/m0/s1. The SMILES string of the molecule is B[C@@H]1O[C@H](CO)[C@@H](O[Si](C)(C)C(C)(C)C)[C@@H]1C. The van der Waals surface area contributed by atoms with Crippen LogP contribution in [0.5, 0.6) is 0 Å². The lowest BCUT2D eigenvalue weighted by Gasteiger charge is -2.40. The first-order valence-corrected chi connectivity index (χ1v) is 9.45. The van der Waals surface area contributed by atoms with Gasteiger partial charge in [-0.3, -0.25) is 0 Å². The zero-order chi connectivity index (χ0) is 13.4. The molecule has 1 saturated heterocycles. The van der Waals surface area contributed by atoms with Gasteiger partial charge in [-0.05, 0) is 18.1 Å². The molecule has 17 heavy (non-hydrogen) atoms. The highest BCUT2D eigenvalue weighted by molar-refractivity contribution is 6.74. The lowest BCUT2D eigenvalue weighted by molar-refractivity contribution is -0.000685. The highest BCUT2D eigenvalue weighted by Crippen LogP contribution is 2.40. The maximum atomic E-state index is 9.38. The van der Waals surface area contributed by atoms with Crippen molar-refractivity contribution in [1.82, 2.24) is 0 Å². The predicted octanol–water partition coefficient (Wildman–Crippen LogP) is 1.36. The first-order chi connectivity index (χ1) is 7.60. The number of aliphatic hydroxyl groups excluding tert-OH is 1. The van der Waals surface area contributed by atoms with Crippen molar-refractivity contribution in [3.63, 3.8) is 0 Å². The van der Waals surface area contributed by atoms with E-state index < -0.39 is 8.32 Å². The highest BCUT2D eigenvalue weighted by Gasteiger charge is 2.46. The van der Waals surface area contributed by atoms with Gasteiger partial charge in [0.25, 0.3) is 0 Å². The summed E-state index contributed by atoms with van der Waals surface area (Å²) in [6, 6.07) is 0.168. The first-order valence-electron chi connectivity index (χ1n) is 6.54. The Labute approximate surface area is 107 Å². The number of aliphatic hydroxyl groups is 1. The summed E-state index contributed by atoms with van der Waals surface area (Å²) in [6.07, 6.45) is -0.120. The molecule has 1 heterocycles.